The van der Waals surface area contributed by atoms with E-state index in [0.717, 1.165) is 17.5 Å². The average Bonchev–Trinajstić information content (AvgIpc) is 2.65. The number of aromatic nitrogens is 2. The van der Waals surface area contributed by atoms with E-state index in [-0.39, 0.29) is 23.6 Å². The Labute approximate surface area is 167 Å². The van der Waals surface area contributed by atoms with Crippen LogP contribution in [-0.4, -0.2) is 34.8 Å². The smallest absolute Gasteiger partial charge is 0.375 e. The van der Waals surface area contributed by atoms with Gasteiger partial charge in [0.2, 0.25) is 5.91 Å². The van der Waals surface area contributed by atoms with Crippen LogP contribution in [0, 0.1) is 5.41 Å². The number of hydrogen-bond donors (Lipinski definition) is 3. The number of amides is 1. The van der Waals surface area contributed by atoms with Crippen LogP contribution in [0.25, 0.3) is 0 Å². The second-order valence-corrected chi connectivity index (χ2v) is 7.02. The number of carbonyl (C=O) groups is 1. The Kier molecular flexibility index (Phi) is 7.30. The highest BCUT2D eigenvalue weighted by atomic mass is 19.4. The van der Waals surface area contributed by atoms with E-state index in [1.165, 1.54) is 12.3 Å². The van der Waals surface area contributed by atoms with Crippen molar-refractivity contribution in [2.75, 3.05) is 11.9 Å². The quantitative estimate of drug-likeness (QED) is 0.577. The molecule has 0 spiro atoms. The number of carbonyl (C=O) groups excluding carboxylic acids is 1. The van der Waals surface area contributed by atoms with Gasteiger partial charge in [0, 0.05) is 23.7 Å². The summed E-state index contributed by atoms with van der Waals surface area (Å²) in [5, 5.41) is 12.5. The van der Waals surface area contributed by atoms with Gasteiger partial charge in [0.25, 0.3) is 0 Å². The molecular weight excluding hydrogens is 383 g/mol. The van der Waals surface area contributed by atoms with Gasteiger partial charge >= 0.3 is 6.18 Å². The van der Waals surface area contributed by atoms with Crippen molar-refractivity contribution in [3.05, 3.63) is 53.1 Å². The summed E-state index contributed by atoms with van der Waals surface area (Å²) < 4.78 is 37.1. The van der Waals surface area contributed by atoms with E-state index in [0.29, 0.717) is 11.6 Å². The standard InChI is InChI=1S/C20H24F3N5O/c1-12(2)16-5-4-14(9-25-16)6-19(29)28-13(3)17-7-15(8-24)18(10-26-17)27-11-20(21,22)23/h4-5,7-10,12-13,24,27H,6,11H2,1-3H3,(H,28,29)/t13-/m1/s1. The molecule has 2 aromatic rings. The van der Waals surface area contributed by atoms with Crippen LogP contribution in [0.2, 0.25) is 0 Å². The van der Waals surface area contributed by atoms with Crippen molar-refractivity contribution in [1.29, 1.82) is 5.41 Å². The van der Waals surface area contributed by atoms with E-state index in [1.807, 2.05) is 26.0 Å². The third kappa shape index (κ3) is 6.85. The van der Waals surface area contributed by atoms with Gasteiger partial charge in [-0.1, -0.05) is 19.9 Å². The molecular formula is C20H24F3N5O. The molecule has 1 atom stereocenters. The van der Waals surface area contributed by atoms with Gasteiger partial charge in [-0.25, -0.2) is 0 Å². The summed E-state index contributed by atoms with van der Waals surface area (Å²) in [5.74, 6) is 0.0784. The summed E-state index contributed by atoms with van der Waals surface area (Å²) in [6.45, 7) is 4.58. The van der Waals surface area contributed by atoms with E-state index < -0.39 is 18.8 Å². The monoisotopic (exact) mass is 407 g/mol. The first-order valence-corrected chi connectivity index (χ1v) is 9.14. The van der Waals surface area contributed by atoms with E-state index in [2.05, 4.69) is 20.6 Å². The van der Waals surface area contributed by atoms with Crippen LogP contribution < -0.4 is 10.6 Å². The lowest BCUT2D eigenvalue weighted by Crippen LogP contribution is -2.29. The molecule has 0 saturated heterocycles. The molecule has 3 N–H and O–H groups in total. The molecule has 0 radical (unpaired) electrons. The third-order valence-electron chi connectivity index (χ3n) is 4.22. The van der Waals surface area contributed by atoms with E-state index >= 15 is 0 Å². The SMILES string of the molecule is CC(C)c1ccc(CC(=O)N[C@H](C)c2cc(C=N)c(NCC(F)(F)F)cn2)cn1. The van der Waals surface area contributed by atoms with Crippen molar-refractivity contribution in [2.24, 2.45) is 0 Å². The topological polar surface area (TPSA) is 90.8 Å². The van der Waals surface area contributed by atoms with Crippen LogP contribution in [0.4, 0.5) is 18.9 Å². The minimum absolute atomic E-state index is 0.107. The highest BCUT2D eigenvalue weighted by Crippen LogP contribution is 2.21. The molecule has 0 aliphatic rings. The molecule has 0 aliphatic heterocycles. The van der Waals surface area contributed by atoms with Crippen LogP contribution in [0.5, 0.6) is 0 Å². The first-order valence-electron chi connectivity index (χ1n) is 9.14. The van der Waals surface area contributed by atoms with Crippen LogP contribution >= 0.6 is 0 Å². The van der Waals surface area contributed by atoms with E-state index in [4.69, 9.17) is 5.41 Å². The van der Waals surface area contributed by atoms with Gasteiger partial charge < -0.3 is 16.0 Å². The van der Waals surface area contributed by atoms with E-state index in [9.17, 15) is 18.0 Å². The molecule has 0 saturated carbocycles. The van der Waals surface area contributed by atoms with Gasteiger partial charge in [0.1, 0.15) is 6.54 Å². The number of nitrogens with one attached hydrogen (secondary N) is 3. The molecule has 0 unspecified atom stereocenters. The number of halogens is 3. The fourth-order valence-corrected chi connectivity index (χ4v) is 2.62. The Hall–Kier alpha value is -2.97. The molecule has 0 bridgehead atoms. The van der Waals surface area contributed by atoms with Gasteiger partial charge in [0.05, 0.1) is 30.0 Å². The van der Waals surface area contributed by atoms with Crippen LogP contribution in [0.1, 0.15) is 55.2 Å². The Morgan fingerprint density at radius 1 is 1.17 bits per heavy atom. The maximum atomic E-state index is 12.4. The van der Waals surface area contributed by atoms with Crippen molar-refractivity contribution >= 4 is 17.8 Å². The Balaban J connectivity index is 2.01. The van der Waals surface area contributed by atoms with Gasteiger partial charge in [-0.3, -0.25) is 14.8 Å². The van der Waals surface area contributed by atoms with Crippen LogP contribution in [0.15, 0.2) is 30.6 Å². The van der Waals surface area contributed by atoms with Crippen LogP contribution in [0.3, 0.4) is 0 Å². The molecule has 156 valence electrons. The van der Waals surface area contributed by atoms with Crippen LogP contribution in [-0.2, 0) is 11.2 Å². The molecule has 29 heavy (non-hydrogen) atoms. The Morgan fingerprint density at radius 2 is 1.86 bits per heavy atom. The van der Waals surface area contributed by atoms with E-state index in [1.54, 1.807) is 13.1 Å². The molecule has 1 amide bonds. The molecule has 2 rings (SSSR count). The van der Waals surface area contributed by atoms with Crippen molar-refractivity contribution in [1.82, 2.24) is 15.3 Å². The number of anilines is 1. The fraction of sp³-hybridized carbons (Fsp3) is 0.400. The predicted molar refractivity (Wildman–Crippen MR) is 105 cm³/mol. The van der Waals surface area contributed by atoms with Gasteiger partial charge in [-0.2, -0.15) is 13.2 Å². The summed E-state index contributed by atoms with van der Waals surface area (Å²) >= 11 is 0. The number of nitrogens with zero attached hydrogens (tertiary/aromatic N) is 2. The Morgan fingerprint density at radius 3 is 2.41 bits per heavy atom. The minimum atomic E-state index is -4.37. The predicted octanol–water partition coefficient (Wildman–Crippen LogP) is 3.99. The first-order chi connectivity index (χ1) is 13.6. The number of rotatable bonds is 8. The second kappa shape index (κ2) is 9.49. The van der Waals surface area contributed by atoms with Crippen molar-refractivity contribution < 1.29 is 18.0 Å². The van der Waals surface area contributed by atoms with Crippen molar-refractivity contribution in [3.8, 4) is 0 Å². The maximum Gasteiger partial charge on any atom is 0.405 e. The fourth-order valence-electron chi connectivity index (χ4n) is 2.62. The summed E-state index contributed by atoms with van der Waals surface area (Å²) in [7, 11) is 0. The highest BCUT2D eigenvalue weighted by molar-refractivity contribution is 5.85. The molecule has 6 nitrogen and oxygen atoms in total. The summed E-state index contributed by atoms with van der Waals surface area (Å²) in [4.78, 5) is 20.8. The number of alkyl halides is 3. The lowest BCUT2D eigenvalue weighted by Gasteiger charge is -2.16. The number of hydrogen-bond acceptors (Lipinski definition) is 5. The van der Waals surface area contributed by atoms with Gasteiger partial charge in [-0.05, 0) is 30.5 Å². The lowest BCUT2D eigenvalue weighted by molar-refractivity contribution is -0.121. The zero-order chi connectivity index (χ0) is 21.6. The van der Waals surface area contributed by atoms with Gasteiger partial charge in [-0.15, -0.1) is 0 Å². The zero-order valence-corrected chi connectivity index (χ0v) is 16.5. The lowest BCUT2D eigenvalue weighted by atomic mass is 10.1. The number of pyridine rings is 2. The largest absolute Gasteiger partial charge is 0.405 e. The van der Waals surface area contributed by atoms with Crippen molar-refractivity contribution in [2.45, 2.75) is 45.3 Å². The average molecular weight is 407 g/mol. The second-order valence-electron chi connectivity index (χ2n) is 7.02. The highest BCUT2D eigenvalue weighted by Gasteiger charge is 2.27. The maximum absolute atomic E-state index is 12.4. The minimum Gasteiger partial charge on any atom is -0.375 e. The molecule has 0 aliphatic carbocycles. The van der Waals surface area contributed by atoms with Gasteiger partial charge in [0.15, 0.2) is 0 Å². The van der Waals surface area contributed by atoms with Crippen molar-refractivity contribution in [3.63, 3.8) is 0 Å². The third-order valence-corrected chi connectivity index (χ3v) is 4.22. The molecule has 0 aromatic carbocycles. The normalized spacial score (nSPS) is 12.5. The summed E-state index contributed by atoms with van der Waals surface area (Å²) in [6, 6.07) is 4.76. The zero-order valence-electron chi connectivity index (χ0n) is 16.5. The first kappa shape index (κ1) is 22.3. The molecule has 9 heteroatoms. The summed E-state index contributed by atoms with van der Waals surface area (Å²) in [6.07, 6.45) is -0.370. The molecule has 0 fully saturated rings. The summed E-state index contributed by atoms with van der Waals surface area (Å²) in [5.41, 5.74) is 2.54. The Bertz CT molecular complexity index is 850. The molecule has 2 heterocycles. The molecule has 2 aromatic heterocycles.